The molecular formula is C20H18O8. The Morgan fingerprint density at radius 2 is 1.32 bits per heavy atom. The average Bonchev–Trinajstić information content (AvgIpc) is 2.65. The molecule has 3 N–H and O–H groups in total. The van der Waals surface area contributed by atoms with E-state index in [2.05, 4.69) is 0 Å². The topological polar surface area (TPSA) is 138 Å². The summed E-state index contributed by atoms with van der Waals surface area (Å²) in [5.74, 6) is -6.72. The number of aliphatic hydroxyl groups excluding tert-OH is 1. The largest absolute Gasteiger partial charge is 0.479 e. The molecule has 0 aliphatic rings. The molecule has 2 aromatic carbocycles. The van der Waals surface area contributed by atoms with Crippen molar-refractivity contribution in [3.05, 3.63) is 70.8 Å². The Kier molecular flexibility index (Phi) is 5.95. The maximum absolute atomic E-state index is 13.0. The van der Waals surface area contributed by atoms with E-state index in [0.29, 0.717) is 11.1 Å². The van der Waals surface area contributed by atoms with Crippen molar-refractivity contribution < 1.29 is 39.2 Å². The van der Waals surface area contributed by atoms with Gasteiger partial charge in [0.2, 0.25) is 11.9 Å². The van der Waals surface area contributed by atoms with Gasteiger partial charge in [-0.05, 0) is 31.0 Å². The Morgan fingerprint density at radius 1 is 0.857 bits per heavy atom. The van der Waals surface area contributed by atoms with Crippen molar-refractivity contribution in [1.82, 2.24) is 0 Å². The summed E-state index contributed by atoms with van der Waals surface area (Å²) in [6.07, 6.45) is -2.83. The van der Waals surface area contributed by atoms with Crippen molar-refractivity contribution in [3.63, 3.8) is 0 Å². The van der Waals surface area contributed by atoms with Gasteiger partial charge in [0, 0.05) is 5.56 Å². The van der Waals surface area contributed by atoms with Crippen molar-refractivity contribution in [2.45, 2.75) is 25.6 Å². The zero-order valence-electron chi connectivity index (χ0n) is 15.1. The Balaban J connectivity index is 2.65. The first-order valence-corrected chi connectivity index (χ1v) is 8.16. The number of Topliss-reactive ketones (excluding diaryl/α,β-unsaturated/α-hetero) is 1. The molecule has 0 aromatic heterocycles. The quantitative estimate of drug-likeness (QED) is 0.371. The normalized spacial score (nSPS) is 13.8. The van der Waals surface area contributed by atoms with Crippen LogP contribution in [0.25, 0.3) is 0 Å². The molecule has 0 radical (unpaired) electrons. The lowest BCUT2D eigenvalue weighted by Crippen LogP contribution is -2.61. The van der Waals surface area contributed by atoms with Crippen LogP contribution in [-0.4, -0.2) is 50.7 Å². The van der Waals surface area contributed by atoms with Crippen molar-refractivity contribution in [3.8, 4) is 0 Å². The van der Waals surface area contributed by atoms with E-state index in [-0.39, 0.29) is 11.1 Å². The summed E-state index contributed by atoms with van der Waals surface area (Å²) < 4.78 is 4.94. The minimum absolute atomic E-state index is 0.0664. The highest BCUT2D eigenvalue weighted by molar-refractivity contribution is 6.19. The first-order chi connectivity index (χ1) is 13.1. The summed E-state index contributed by atoms with van der Waals surface area (Å²) in [6, 6.07) is 11.8. The van der Waals surface area contributed by atoms with E-state index in [9.17, 15) is 34.5 Å². The van der Waals surface area contributed by atoms with Crippen molar-refractivity contribution in [2.24, 2.45) is 0 Å². The summed E-state index contributed by atoms with van der Waals surface area (Å²) in [5, 5.41) is 29.0. The van der Waals surface area contributed by atoms with Crippen LogP contribution in [0.1, 0.15) is 31.8 Å². The monoisotopic (exact) mass is 386 g/mol. The highest BCUT2D eigenvalue weighted by atomic mass is 16.6. The van der Waals surface area contributed by atoms with Gasteiger partial charge < -0.3 is 20.1 Å². The number of esters is 1. The van der Waals surface area contributed by atoms with Crippen LogP contribution in [0.3, 0.4) is 0 Å². The highest BCUT2D eigenvalue weighted by Gasteiger charge is 2.60. The molecule has 2 atom stereocenters. The number of carbonyl (C=O) groups is 4. The van der Waals surface area contributed by atoms with E-state index < -0.39 is 35.4 Å². The molecule has 28 heavy (non-hydrogen) atoms. The number of hydrogen-bond acceptors (Lipinski definition) is 6. The number of hydrogen-bond donors (Lipinski definition) is 3. The van der Waals surface area contributed by atoms with E-state index >= 15 is 0 Å². The molecular weight excluding hydrogens is 368 g/mol. The van der Waals surface area contributed by atoms with Gasteiger partial charge in [-0.15, -0.1) is 0 Å². The lowest BCUT2D eigenvalue weighted by atomic mass is 9.85. The molecule has 0 saturated heterocycles. The van der Waals surface area contributed by atoms with Crippen LogP contribution in [0.5, 0.6) is 0 Å². The molecule has 0 aliphatic heterocycles. The molecule has 0 amide bonds. The van der Waals surface area contributed by atoms with Gasteiger partial charge in [0.1, 0.15) is 0 Å². The number of rotatable bonds is 7. The molecule has 8 nitrogen and oxygen atoms in total. The number of ether oxygens (including phenoxy) is 1. The van der Waals surface area contributed by atoms with E-state index in [1.54, 1.807) is 25.1 Å². The molecule has 2 aromatic rings. The van der Waals surface area contributed by atoms with E-state index in [1.165, 1.54) is 37.3 Å². The third-order valence-corrected chi connectivity index (χ3v) is 4.28. The van der Waals surface area contributed by atoms with Gasteiger partial charge in [0.25, 0.3) is 0 Å². The molecule has 8 heteroatoms. The van der Waals surface area contributed by atoms with Crippen LogP contribution in [0.15, 0.2) is 48.5 Å². The number of carboxylic acid groups (broad SMARTS) is 2. The fourth-order valence-corrected chi connectivity index (χ4v) is 2.69. The number of benzene rings is 2. The molecule has 0 bridgehead atoms. The summed E-state index contributed by atoms with van der Waals surface area (Å²) in [4.78, 5) is 49.1. The second-order valence-corrected chi connectivity index (χ2v) is 6.13. The average molecular weight is 386 g/mol. The molecule has 0 heterocycles. The number of aliphatic carboxylic acids is 2. The van der Waals surface area contributed by atoms with Gasteiger partial charge >= 0.3 is 23.5 Å². The summed E-state index contributed by atoms with van der Waals surface area (Å²) in [5.41, 5.74) is -2.88. The van der Waals surface area contributed by atoms with Crippen molar-refractivity contribution in [2.75, 3.05) is 0 Å². The predicted octanol–water partition coefficient (Wildman–Crippen LogP) is 1.61. The molecule has 0 fully saturated rings. The molecule has 0 saturated carbocycles. The number of aliphatic hydroxyl groups is 1. The van der Waals surface area contributed by atoms with Gasteiger partial charge in [0.15, 0.2) is 0 Å². The standard InChI is InChI=1S/C20H18O8/c1-11-7-3-5-9-13(11)15(21)20(19(26)27,16(22)17(23)24)28-18(25)14-10-6-4-8-12(14)2/h3-10,16,22H,1-2H3,(H,23,24)(H,26,27). The fraction of sp³-hybridized carbons (Fsp3) is 0.200. The number of aryl methyl sites for hydroxylation is 2. The van der Waals surface area contributed by atoms with Gasteiger partial charge in [0.05, 0.1) is 5.56 Å². The Labute approximate surface area is 160 Å². The molecule has 2 rings (SSSR count). The SMILES string of the molecule is Cc1ccccc1C(=O)OC(C(=O)O)(C(=O)c1ccccc1C)C(O)C(=O)O. The van der Waals surface area contributed by atoms with Gasteiger partial charge in [-0.1, -0.05) is 42.5 Å². The third-order valence-electron chi connectivity index (χ3n) is 4.28. The van der Waals surface area contributed by atoms with E-state index in [4.69, 9.17) is 4.74 Å². The Morgan fingerprint density at radius 3 is 1.75 bits per heavy atom. The number of carbonyl (C=O) groups excluding carboxylic acids is 2. The Bertz CT molecular complexity index is 949. The molecule has 2 unspecified atom stereocenters. The lowest BCUT2D eigenvalue weighted by Gasteiger charge is -2.30. The molecule has 146 valence electrons. The Hall–Kier alpha value is -3.52. The van der Waals surface area contributed by atoms with Crippen LogP contribution in [0, 0.1) is 13.8 Å². The maximum atomic E-state index is 13.0. The summed E-state index contributed by atoms with van der Waals surface area (Å²) >= 11 is 0. The van der Waals surface area contributed by atoms with E-state index in [1.807, 2.05) is 0 Å². The van der Waals surface area contributed by atoms with Crippen LogP contribution >= 0.6 is 0 Å². The number of carboxylic acids is 2. The molecule has 0 aliphatic carbocycles. The predicted molar refractivity (Wildman–Crippen MR) is 96.1 cm³/mol. The van der Waals surface area contributed by atoms with Crippen molar-refractivity contribution in [1.29, 1.82) is 0 Å². The first-order valence-electron chi connectivity index (χ1n) is 8.16. The minimum atomic E-state index is -3.36. The van der Waals surface area contributed by atoms with Crippen LogP contribution in [0.4, 0.5) is 0 Å². The second kappa shape index (κ2) is 8.01. The smallest absolute Gasteiger partial charge is 0.360 e. The van der Waals surface area contributed by atoms with Gasteiger partial charge in [-0.2, -0.15) is 0 Å². The number of ketones is 1. The summed E-state index contributed by atoms with van der Waals surface area (Å²) in [6.45, 7) is 3.05. The fourth-order valence-electron chi connectivity index (χ4n) is 2.69. The lowest BCUT2D eigenvalue weighted by molar-refractivity contribution is -0.176. The van der Waals surface area contributed by atoms with E-state index in [0.717, 1.165) is 0 Å². The van der Waals surface area contributed by atoms with Crippen molar-refractivity contribution >= 4 is 23.7 Å². The minimum Gasteiger partial charge on any atom is -0.479 e. The van der Waals surface area contributed by atoms with Crippen LogP contribution in [0.2, 0.25) is 0 Å². The van der Waals surface area contributed by atoms with Crippen LogP contribution < -0.4 is 0 Å². The summed E-state index contributed by atoms with van der Waals surface area (Å²) in [7, 11) is 0. The second-order valence-electron chi connectivity index (χ2n) is 6.13. The van der Waals surface area contributed by atoms with Gasteiger partial charge in [-0.3, -0.25) is 4.79 Å². The molecule has 0 spiro atoms. The zero-order chi connectivity index (χ0) is 21.1. The van der Waals surface area contributed by atoms with Gasteiger partial charge in [-0.25, -0.2) is 14.4 Å². The highest BCUT2D eigenvalue weighted by Crippen LogP contribution is 2.27. The third kappa shape index (κ3) is 3.63. The van der Waals surface area contributed by atoms with Crippen LogP contribution in [-0.2, 0) is 14.3 Å². The maximum Gasteiger partial charge on any atom is 0.360 e. The zero-order valence-corrected chi connectivity index (χ0v) is 15.1. The first kappa shape index (κ1) is 20.8.